The van der Waals surface area contributed by atoms with Crippen LogP contribution >= 0.6 is 23.2 Å². The van der Waals surface area contributed by atoms with Gasteiger partial charge in [-0.2, -0.15) is 5.26 Å². The van der Waals surface area contributed by atoms with E-state index in [0.29, 0.717) is 18.9 Å². The zero-order chi connectivity index (χ0) is 28.5. The van der Waals surface area contributed by atoms with Crippen molar-refractivity contribution in [2.75, 3.05) is 6.54 Å². The average molecular weight is 578 g/mol. The second-order valence-electron chi connectivity index (χ2n) is 12.1. The average Bonchev–Trinajstić information content (AvgIpc) is 3.19. The summed E-state index contributed by atoms with van der Waals surface area (Å²) in [5.41, 5.74) is 4.06. The first-order chi connectivity index (χ1) is 18.4. The van der Waals surface area contributed by atoms with Crippen LogP contribution < -0.4 is 16.4 Å². The fraction of sp³-hybridized carbons (Fsp3) is 0.533. The van der Waals surface area contributed by atoms with Crippen LogP contribution in [0, 0.1) is 34.3 Å². The molecule has 4 rings (SSSR count). The number of carbonyl (C=O) groups excluding carboxylic acids is 1. The molecule has 1 amide bonds. The first-order valence-electron chi connectivity index (χ1n) is 13.5. The summed E-state index contributed by atoms with van der Waals surface area (Å²) in [6.45, 7) is 6.64. The number of nitrogens with zero attached hydrogens (tertiary/aromatic N) is 1. The van der Waals surface area contributed by atoms with E-state index in [1.54, 1.807) is 6.07 Å². The maximum atomic E-state index is 15.7. The van der Waals surface area contributed by atoms with E-state index in [1.807, 2.05) is 20.8 Å². The zero-order valence-corrected chi connectivity index (χ0v) is 24.1. The Morgan fingerprint density at radius 1 is 1.18 bits per heavy atom. The monoisotopic (exact) mass is 576 g/mol. The van der Waals surface area contributed by atoms with E-state index in [4.69, 9.17) is 28.9 Å². The van der Waals surface area contributed by atoms with Gasteiger partial charge in [-0.1, -0.05) is 62.2 Å². The number of carbonyl (C=O) groups is 1. The summed E-state index contributed by atoms with van der Waals surface area (Å²) in [6.07, 6.45) is 3.83. The number of benzene rings is 2. The first kappa shape index (κ1) is 29.7. The summed E-state index contributed by atoms with van der Waals surface area (Å²) in [5.74, 6) is -2.38. The maximum absolute atomic E-state index is 15.7. The number of nitriles is 1. The Labute approximate surface area is 239 Å². The van der Waals surface area contributed by atoms with Crippen LogP contribution in [0.15, 0.2) is 36.4 Å². The lowest BCUT2D eigenvalue weighted by atomic mass is 9.62. The van der Waals surface area contributed by atoms with E-state index < -0.39 is 35.1 Å². The molecule has 2 fully saturated rings. The van der Waals surface area contributed by atoms with Gasteiger partial charge in [0.05, 0.1) is 17.1 Å². The number of nitrogens with two attached hydrogens (primary N) is 1. The highest BCUT2D eigenvalue weighted by atomic mass is 35.5. The van der Waals surface area contributed by atoms with Crippen molar-refractivity contribution in [3.8, 4) is 6.07 Å². The Morgan fingerprint density at radius 3 is 2.46 bits per heavy atom. The van der Waals surface area contributed by atoms with Crippen LogP contribution in [-0.2, 0) is 10.2 Å². The van der Waals surface area contributed by atoms with Crippen molar-refractivity contribution in [3.05, 3.63) is 69.2 Å². The molecule has 0 unspecified atom stereocenters. The van der Waals surface area contributed by atoms with E-state index in [1.165, 1.54) is 24.3 Å². The minimum absolute atomic E-state index is 0.0580. The highest BCUT2D eigenvalue weighted by molar-refractivity contribution is 6.31. The van der Waals surface area contributed by atoms with Crippen molar-refractivity contribution in [1.82, 2.24) is 10.6 Å². The third-order valence-electron chi connectivity index (χ3n) is 8.26. The van der Waals surface area contributed by atoms with Crippen LogP contribution in [0.5, 0.6) is 0 Å². The summed E-state index contributed by atoms with van der Waals surface area (Å²) in [5, 5.41) is 17.5. The van der Waals surface area contributed by atoms with E-state index in [2.05, 4.69) is 16.7 Å². The molecule has 0 spiro atoms. The largest absolute Gasteiger partial charge is 0.352 e. The molecule has 2 aliphatic rings. The minimum atomic E-state index is -1.63. The van der Waals surface area contributed by atoms with Gasteiger partial charge in [-0.25, -0.2) is 8.78 Å². The Bertz CT molecular complexity index is 1250. The molecule has 1 saturated carbocycles. The molecule has 0 aromatic heterocycles. The molecule has 0 bridgehead atoms. The second kappa shape index (κ2) is 11.7. The van der Waals surface area contributed by atoms with Gasteiger partial charge < -0.3 is 16.4 Å². The molecule has 1 heterocycles. The van der Waals surface area contributed by atoms with Crippen molar-refractivity contribution < 1.29 is 13.6 Å². The predicted octanol–water partition coefficient (Wildman–Crippen LogP) is 6.23. The van der Waals surface area contributed by atoms with Gasteiger partial charge in [0.2, 0.25) is 5.91 Å². The highest BCUT2D eigenvalue weighted by Crippen LogP contribution is 2.52. The molecule has 2 aromatic rings. The lowest BCUT2D eigenvalue weighted by Gasteiger charge is -2.37. The van der Waals surface area contributed by atoms with Crippen molar-refractivity contribution in [3.63, 3.8) is 0 Å². The zero-order valence-electron chi connectivity index (χ0n) is 22.5. The molecule has 4 N–H and O–H groups in total. The van der Waals surface area contributed by atoms with Crippen LogP contribution in [0.3, 0.4) is 0 Å². The van der Waals surface area contributed by atoms with Crippen LogP contribution in [0.4, 0.5) is 8.78 Å². The molecular formula is C30H36Cl2F2N4O. The predicted molar refractivity (Wildman–Crippen MR) is 151 cm³/mol. The molecule has 5 nitrogen and oxygen atoms in total. The normalized spacial score (nSPS) is 29.2. The topological polar surface area (TPSA) is 90.9 Å². The van der Waals surface area contributed by atoms with Crippen molar-refractivity contribution in [2.24, 2.45) is 17.1 Å². The van der Waals surface area contributed by atoms with E-state index in [-0.39, 0.29) is 38.5 Å². The van der Waals surface area contributed by atoms with Gasteiger partial charge in [-0.3, -0.25) is 4.79 Å². The third-order valence-corrected chi connectivity index (χ3v) is 8.79. The number of amides is 1. The number of halogens is 4. The smallest absolute Gasteiger partial charge is 0.238 e. The third kappa shape index (κ3) is 5.95. The molecule has 1 aliphatic heterocycles. The minimum Gasteiger partial charge on any atom is -0.352 e. The second-order valence-corrected chi connectivity index (χ2v) is 13.0. The fourth-order valence-corrected chi connectivity index (χ4v) is 6.73. The maximum Gasteiger partial charge on any atom is 0.238 e. The quantitative estimate of drug-likeness (QED) is 0.380. The van der Waals surface area contributed by atoms with Gasteiger partial charge in [-0.15, -0.1) is 0 Å². The van der Waals surface area contributed by atoms with Crippen LogP contribution in [-0.4, -0.2) is 30.6 Å². The Morgan fingerprint density at radius 2 is 1.87 bits per heavy atom. The Balaban J connectivity index is 1.86. The molecule has 9 heteroatoms. The molecule has 4 atom stereocenters. The standard InChI is InChI=1S/C30H36Cl2F2N4O/c1-29(2,3)14-24-30(16-36,21-12-9-18(31)13-23(21)33)25(20-5-4-6-22(32)26(20)34)27(38-24)28(39)37-19-10-7-17(15-35)8-11-19/h4-6,9,12-13,17,19,24-25,27,38H,7-8,10-11,14-15,35H2,1-3H3,(H,37,39)/t17?,19?,24-,25-,27+,30-/m0/s1. The summed E-state index contributed by atoms with van der Waals surface area (Å²) in [6, 6.07) is 9.30. The molecule has 2 aromatic carbocycles. The molecule has 1 saturated heterocycles. The van der Waals surface area contributed by atoms with Gasteiger partial charge in [0.25, 0.3) is 0 Å². The van der Waals surface area contributed by atoms with Gasteiger partial charge in [0.15, 0.2) is 0 Å². The number of nitrogens with one attached hydrogen (secondary N) is 2. The summed E-state index contributed by atoms with van der Waals surface area (Å²) >= 11 is 12.3. The molecule has 1 aliphatic carbocycles. The van der Waals surface area contributed by atoms with Crippen LogP contribution in [0.1, 0.15) is 69.9 Å². The van der Waals surface area contributed by atoms with Gasteiger partial charge in [0.1, 0.15) is 17.0 Å². The Hall–Kier alpha value is -2.24. The van der Waals surface area contributed by atoms with Crippen LogP contribution in [0.25, 0.3) is 0 Å². The summed E-state index contributed by atoms with van der Waals surface area (Å²) < 4.78 is 31.4. The lowest BCUT2D eigenvalue weighted by Crippen LogP contribution is -2.49. The number of hydrogen-bond acceptors (Lipinski definition) is 4. The van der Waals surface area contributed by atoms with Gasteiger partial charge in [0, 0.05) is 28.6 Å². The van der Waals surface area contributed by atoms with E-state index >= 15 is 8.78 Å². The molecular weight excluding hydrogens is 541 g/mol. The van der Waals surface area contributed by atoms with Crippen molar-refractivity contribution in [1.29, 1.82) is 5.26 Å². The van der Waals surface area contributed by atoms with E-state index in [0.717, 1.165) is 31.7 Å². The van der Waals surface area contributed by atoms with Gasteiger partial charge in [-0.05, 0) is 73.7 Å². The van der Waals surface area contributed by atoms with Crippen molar-refractivity contribution in [2.45, 2.75) is 82.3 Å². The molecule has 39 heavy (non-hydrogen) atoms. The number of hydrogen-bond donors (Lipinski definition) is 3. The number of rotatable bonds is 6. The Kier molecular flexibility index (Phi) is 8.92. The first-order valence-corrected chi connectivity index (χ1v) is 14.2. The molecule has 210 valence electrons. The fourth-order valence-electron chi connectivity index (χ4n) is 6.39. The SMILES string of the molecule is CC(C)(C)C[C@@H]1N[C@@H](C(=O)NC2CCC(CN)CC2)[C@H](c2cccc(Cl)c2F)[C@@]1(C#N)c1ccc(Cl)cc1F. The lowest BCUT2D eigenvalue weighted by molar-refractivity contribution is -0.124. The summed E-state index contributed by atoms with van der Waals surface area (Å²) in [7, 11) is 0. The van der Waals surface area contributed by atoms with Gasteiger partial charge >= 0.3 is 0 Å². The van der Waals surface area contributed by atoms with Crippen LogP contribution in [0.2, 0.25) is 10.0 Å². The molecule has 0 radical (unpaired) electrons. The summed E-state index contributed by atoms with van der Waals surface area (Å²) in [4.78, 5) is 14.0. The van der Waals surface area contributed by atoms with Crippen molar-refractivity contribution >= 4 is 29.1 Å². The van der Waals surface area contributed by atoms with E-state index in [9.17, 15) is 10.1 Å². The highest BCUT2D eigenvalue weighted by Gasteiger charge is 2.61.